The first-order valence-electron chi connectivity index (χ1n) is 10.5. The number of aromatic nitrogens is 1. The zero-order valence-electron chi connectivity index (χ0n) is 18.4. The number of carbonyl (C=O) groups is 3. The second kappa shape index (κ2) is 10.2. The van der Waals surface area contributed by atoms with Gasteiger partial charge in [-0.2, -0.15) is 12.6 Å². The molecule has 3 heterocycles. The minimum absolute atomic E-state index is 0.00855. The number of nitrogens with one attached hydrogen (secondary N) is 3. The van der Waals surface area contributed by atoms with E-state index in [0.717, 1.165) is 0 Å². The Morgan fingerprint density at radius 3 is 2.81 bits per heavy atom. The zero-order valence-corrected chi connectivity index (χ0v) is 19.3. The summed E-state index contributed by atoms with van der Waals surface area (Å²) in [7, 11) is 0. The smallest absolute Gasteiger partial charge is 0.251 e. The Labute approximate surface area is 192 Å². The standard InChI is InChI=1S/C21H29N5O5S/c1-12(2)17-18(28)23-13(6-4-5-7-32)8-15(27)22-9-16-24-14(10-30-16)19-26-21(3,11-31-19)20(29)25-17/h4,6,10,12-13,17,32H,5,7-9,11H2,1-3H3,(H,22,27)(H,23,28)(H,25,29)/b6-4+/t13-,17+,21+/m1/s1. The second-order valence-corrected chi connectivity index (χ2v) is 8.78. The van der Waals surface area contributed by atoms with E-state index in [1.165, 1.54) is 6.26 Å². The molecule has 3 rings (SSSR count). The van der Waals surface area contributed by atoms with Crippen molar-refractivity contribution in [2.75, 3.05) is 12.4 Å². The van der Waals surface area contributed by atoms with Gasteiger partial charge in [0.2, 0.25) is 23.6 Å². The Bertz CT molecular complexity index is 927. The quantitative estimate of drug-likeness (QED) is 0.384. The van der Waals surface area contributed by atoms with Crippen LogP contribution in [0.2, 0.25) is 0 Å². The summed E-state index contributed by atoms with van der Waals surface area (Å²) >= 11 is 4.18. The highest BCUT2D eigenvalue weighted by Gasteiger charge is 2.42. The average molecular weight is 464 g/mol. The van der Waals surface area contributed by atoms with Crippen molar-refractivity contribution < 1.29 is 23.5 Å². The Kier molecular flexibility index (Phi) is 7.60. The largest absolute Gasteiger partial charge is 0.473 e. The molecule has 1 aromatic rings. The summed E-state index contributed by atoms with van der Waals surface area (Å²) in [6.07, 6.45) is 5.71. The van der Waals surface area contributed by atoms with Gasteiger partial charge in [0.1, 0.15) is 18.9 Å². The van der Waals surface area contributed by atoms with Gasteiger partial charge >= 0.3 is 0 Å². The summed E-state index contributed by atoms with van der Waals surface area (Å²) < 4.78 is 11.0. The third-order valence-corrected chi connectivity index (χ3v) is 5.43. The molecule has 0 radical (unpaired) electrons. The van der Waals surface area contributed by atoms with Gasteiger partial charge in [0.05, 0.1) is 19.0 Å². The van der Waals surface area contributed by atoms with Crippen molar-refractivity contribution in [3.63, 3.8) is 0 Å². The number of rotatable bonds is 4. The molecule has 0 saturated heterocycles. The van der Waals surface area contributed by atoms with Gasteiger partial charge < -0.3 is 25.1 Å². The van der Waals surface area contributed by atoms with Crippen molar-refractivity contribution in [1.82, 2.24) is 20.9 Å². The molecule has 11 heteroatoms. The summed E-state index contributed by atoms with van der Waals surface area (Å²) in [6, 6.07) is -1.36. The molecule has 0 aromatic carbocycles. The van der Waals surface area contributed by atoms with E-state index in [9.17, 15) is 14.4 Å². The number of ether oxygens (including phenoxy) is 1. The van der Waals surface area contributed by atoms with Crippen LogP contribution in [0.5, 0.6) is 0 Å². The molecule has 10 nitrogen and oxygen atoms in total. The van der Waals surface area contributed by atoms with E-state index in [4.69, 9.17) is 9.15 Å². The maximum Gasteiger partial charge on any atom is 0.251 e. The molecule has 1 aromatic heterocycles. The van der Waals surface area contributed by atoms with E-state index >= 15 is 0 Å². The van der Waals surface area contributed by atoms with E-state index in [-0.39, 0.29) is 49.1 Å². The van der Waals surface area contributed by atoms with Gasteiger partial charge in [0, 0.05) is 0 Å². The van der Waals surface area contributed by atoms with E-state index < -0.39 is 23.5 Å². The number of hydrogen-bond donors (Lipinski definition) is 4. The maximum atomic E-state index is 13.0. The van der Waals surface area contributed by atoms with Crippen molar-refractivity contribution in [3.8, 4) is 0 Å². The van der Waals surface area contributed by atoms with Crippen LogP contribution >= 0.6 is 12.6 Å². The number of hydrogen-bond acceptors (Lipinski definition) is 8. The van der Waals surface area contributed by atoms with Crippen LogP contribution in [-0.2, 0) is 25.7 Å². The second-order valence-electron chi connectivity index (χ2n) is 8.34. The minimum Gasteiger partial charge on any atom is -0.473 e. The minimum atomic E-state index is -1.21. The van der Waals surface area contributed by atoms with Crippen molar-refractivity contribution in [3.05, 3.63) is 30.0 Å². The summed E-state index contributed by atoms with van der Waals surface area (Å²) in [6.45, 7) is 5.38. The third-order valence-electron chi connectivity index (χ3n) is 5.17. The molecular formula is C21H29N5O5S. The normalized spacial score (nSPS) is 27.0. The topological polar surface area (TPSA) is 135 Å². The molecule has 3 atom stereocenters. The molecule has 0 spiro atoms. The molecule has 2 aliphatic rings. The first-order chi connectivity index (χ1) is 15.2. The number of oxazole rings is 1. The van der Waals surface area contributed by atoms with Crippen LogP contribution in [0.3, 0.4) is 0 Å². The predicted octanol–water partition coefficient (Wildman–Crippen LogP) is 0.732. The number of amides is 3. The van der Waals surface area contributed by atoms with Gasteiger partial charge in [-0.15, -0.1) is 0 Å². The van der Waals surface area contributed by atoms with Crippen LogP contribution in [0, 0.1) is 5.92 Å². The lowest BCUT2D eigenvalue weighted by atomic mass is 9.99. The summed E-state index contributed by atoms with van der Waals surface area (Å²) in [5.41, 5.74) is -0.873. The van der Waals surface area contributed by atoms with Crippen molar-refractivity contribution in [2.24, 2.45) is 10.9 Å². The molecule has 0 saturated carbocycles. The van der Waals surface area contributed by atoms with Crippen molar-refractivity contribution in [1.29, 1.82) is 0 Å². The molecule has 174 valence electrons. The molecular weight excluding hydrogens is 434 g/mol. The van der Waals surface area contributed by atoms with Crippen LogP contribution in [-0.4, -0.2) is 58.6 Å². The van der Waals surface area contributed by atoms with Gasteiger partial charge in [0.15, 0.2) is 11.2 Å². The monoisotopic (exact) mass is 463 g/mol. The van der Waals surface area contributed by atoms with Gasteiger partial charge in [-0.25, -0.2) is 9.98 Å². The third kappa shape index (κ3) is 5.70. The fraction of sp³-hybridized carbons (Fsp3) is 0.571. The van der Waals surface area contributed by atoms with Crippen LogP contribution in [0.15, 0.2) is 27.8 Å². The lowest BCUT2D eigenvalue weighted by Crippen LogP contribution is -2.56. The lowest BCUT2D eigenvalue weighted by molar-refractivity contribution is -0.133. The van der Waals surface area contributed by atoms with Gasteiger partial charge in [-0.05, 0) is 25.0 Å². The van der Waals surface area contributed by atoms with E-state index in [1.54, 1.807) is 13.0 Å². The van der Waals surface area contributed by atoms with Gasteiger partial charge in [-0.3, -0.25) is 14.4 Å². The van der Waals surface area contributed by atoms with Crippen molar-refractivity contribution >= 4 is 36.2 Å². The molecule has 2 aliphatic heterocycles. The number of allylic oxidation sites excluding steroid dienone is 1. The SMILES string of the molecule is CC(C)[C@@H]1NC(=O)[C@]2(C)COC(=N2)c2coc(n2)CNC(=O)C[C@@H](/C=C/CCS)NC1=O. The fourth-order valence-corrected chi connectivity index (χ4v) is 3.44. The van der Waals surface area contributed by atoms with Crippen molar-refractivity contribution in [2.45, 2.75) is 57.8 Å². The maximum absolute atomic E-state index is 13.0. The highest BCUT2D eigenvalue weighted by Crippen LogP contribution is 2.22. The van der Waals surface area contributed by atoms with Gasteiger partial charge in [0.25, 0.3) is 5.91 Å². The van der Waals surface area contributed by atoms with E-state index in [2.05, 4.69) is 38.6 Å². The number of thiol groups is 1. The number of aliphatic imine (C=N–C) groups is 1. The first-order valence-corrected chi connectivity index (χ1v) is 11.2. The molecule has 32 heavy (non-hydrogen) atoms. The molecule has 0 fully saturated rings. The molecule has 3 amide bonds. The van der Waals surface area contributed by atoms with Crippen LogP contribution < -0.4 is 16.0 Å². The Hall–Kier alpha value is -2.82. The fourth-order valence-electron chi connectivity index (χ4n) is 3.29. The molecule has 3 N–H and O–H groups in total. The summed E-state index contributed by atoms with van der Waals surface area (Å²) in [4.78, 5) is 47.3. The highest BCUT2D eigenvalue weighted by atomic mass is 32.1. The number of fused-ring (bicyclic) bond motifs is 4. The Balaban J connectivity index is 1.92. The number of nitrogens with zero attached hydrogens (tertiary/aromatic N) is 2. The zero-order chi connectivity index (χ0) is 23.3. The van der Waals surface area contributed by atoms with Crippen LogP contribution in [0.1, 0.15) is 45.2 Å². The average Bonchev–Trinajstić information content (AvgIpc) is 3.37. The molecule has 4 bridgehead atoms. The Morgan fingerprint density at radius 1 is 1.31 bits per heavy atom. The summed E-state index contributed by atoms with van der Waals surface area (Å²) in [5, 5.41) is 8.40. The summed E-state index contributed by atoms with van der Waals surface area (Å²) in [5.74, 6) is -0.199. The molecule has 0 aliphatic carbocycles. The van der Waals surface area contributed by atoms with E-state index in [0.29, 0.717) is 17.9 Å². The first kappa shape index (κ1) is 23.8. The number of carbonyl (C=O) groups excluding carboxylic acids is 3. The van der Waals surface area contributed by atoms with Crippen LogP contribution in [0.25, 0.3) is 0 Å². The highest BCUT2D eigenvalue weighted by molar-refractivity contribution is 7.80. The van der Waals surface area contributed by atoms with Gasteiger partial charge in [-0.1, -0.05) is 26.0 Å². The predicted molar refractivity (Wildman–Crippen MR) is 120 cm³/mol. The Morgan fingerprint density at radius 2 is 2.09 bits per heavy atom. The van der Waals surface area contributed by atoms with Crippen LogP contribution in [0.4, 0.5) is 0 Å². The lowest BCUT2D eigenvalue weighted by Gasteiger charge is -2.27. The van der Waals surface area contributed by atoms with E-state index in [1.807, 2.05) is 19.9 Å². The molecule has 0 unspecified atom stereocenters.